The quantitative estimate of drug-likeness (QED) is 0.465. The normalized spacial score (nSPS) is 24.8. The molecular formula is C24H31N2O6S+. The van der Waals surface area contributed by atoms with Crippen LogP contribution in [0, 0.1) is 0 Å². The van der Waals surface area contributed by atoms with Crippen LogP contribution in [0.5, 0.6) is 0 Å². The highest BCUT2D eigenvalue weighted by molar-refractivity contribution is 7.09. The summed E-state index contributed by atoms with van der Waals surface area (Å²) in [5.41, 5.74) is -0.105. The monoisotopic (exact) mass is 475 g/mol. The van der Waals surface area contributed by atoms with Crippen molar-refractivity contribution < 1.29 is 33.7 Å². The smallest absolute Gasteiger partial charge is 0.473 e. The number of methoxy groups -OCH3 is 1. The van der Waals surface area contributed by atoms with Gasteiger partial charge in [0.25, 0.3) is 0 Å². The maximum atomic E-state index is 13.0. The number of ether oxygens (including phenoxy) is 1. The summed E-state index contributed by atoms with van der Waals surface area (Å²) in [6.07, 6.45) is 1.44. The second-order valence-electron chi connectivity index (χ2n) is 8.45. The van der Waals surface area contributed by atoms with E-state index in [1.54, 1.807) is 23.3 Å². The molecule has 8 nitrogen and oxygen atoms in total. The zero-order chi connectivity index (χ0) is 24.1. The number of benzene rings is 1. The standard InChI is InChI=1S/C24H30N2O6S/c1-4-21(27)25(18-9-6-5-7-10-18)20-13-15-26(17-24(20,2)31-3,32-23(30)22(28)29)14-12-19-11-8-16-33-19/h5-11,16,20H,4,12-15,17H2,1-3H3/p+1/t20-,24-,26?/m1/s1. The molecule has 1 fully saturated rings. The largest absolute Gasteiger partial charge is 0.473 e. The number of thiophene rings is 1. The number of hydroxylamine groups is 3. The summed E-state index contributed by atoms with van der Waals surface area (Å²) in [7, 11) is 1.57. The highest BCUT2D eigenvalue weighted by Crippen LogP contribution is 2.36. The molecule has 1 aromatic heterocycles. The SMILES string of the molecule is CCC(=O)N(c1ccccc1)[C@@H]1CC[N+](CCc2cccs2)(OC(=O)C(=O)O)C[C@@]1(C)OC. The summed E-state index contributed by atoms with van der Waals surface area (Å²) in [6, 6.07) is 13.1. The van der Waals surface area contributed by atoms with Gasteiger partial charge in [-0.2, -0.15) is 0 Å². The lowest BCUT2D eigenvalue weighted by Crippen LogP contribution is -2.70. The van der Waals surface area contributed by atoms with E-state index in [0.29, 0.717) is 32.4 Å². The van der Waals surface area contributed by atoms with Gasteiger partial charge in [-0.05, 0) is 30.5 Å². The first kappa shape index (κ1) is 24.9. The molecule has 2 aromatic rings. The highest BCUT2D eigenvalue weighted by Gasteiger charge is 2.54. The van der Waals surface area contributed by atoms with Crippen LogP contribution in [0.15, 0.2) is 47.8 Å². The van der Waals surface area contributed by atoms with Crippen LogP contribution >= 0.6 is 11.3 Å². The molecule has 1 aromatic carbocycles. The molecule has 2 heterocycles. The van der Waals surface area contributed by atoms with Crippen LogP contribution in [0.25, 0.3) is 0 Å². The number of quaternary nitrogens is 1. The van der Waals surface area contributed by atoms with Gasteiger partial charge in [0.1, 0.15) is 25.2 Å². The molecule has 178 valence electrons. The number of para-hydroxylation sites is 1. The Hall–Kier alpha value is -2.75. The van der Waals surface area contributed by atoms with Crippen LogP contribution in [0.1, 0.15) is 31.6 Å². The Kier molecular flexibility index (Phi) is 7.88. The van der Waals surface area contributed by atoms with Crippen molar-refractivity contribution in [2.75, 3.05) is 31.6 Å². The van der Waals surface area contributed by atoms with E-state index in [2.05, 4.69) is 0 Å². The lowest BCUT2D eigenvalue weighted by Gasteiger charge is -2.51. The van der Waals surface area contributed by atoms with Gasteiger partial charge in [-0.3, -0.25) is 9.63 Å². The molecule has 1 N–H and O–H groups in total. The summed E-state index contributed by atoms with van der Waals surface area (Å²) in [5.74, 6) is -2.95. The van der Waals surface area contributed by atoms with E-state index in [1.807, 2.05) is 61.7 Å². The summed E-state index contributed by atoms with van der Waals surface area (Å²) < 4.78 is 5.80. The van der Waals surface area contributed by atoms with Gasteiger partial charge in [0.2, 0.25) is 5.91 Å². The van der Waals surface area contributed by atoms with Gasteiger partial charge in [-0.1, -0.05) is 31.2 Å². The molecule has 1 unspecified atom stereocenters. The number of aliphatic carboxylic acids is 1. The number of hydrogen-bond acceptors (Lipinski definition) is 6. The molecule has 1 amide bonds. The molecule has 0 bridgehead atoms. The predicted molar refractivity (Wildman–Crippen MR) is 125 cm³/mol. The van der Waals surface area contributed by atoms with Crippen LogP contribution in [-0.2, 0) is 30.4 Å². The number of carbonyl (C=O) groups excluding carboxylic acids is 2. The molecule has 3 rings (SSSR count). The van der Waals surface area contributed by atoms with Crippen LogP contribution in [0.4, 0.5) is 5.69 Å². The summed E-state index contributed by atoms with van der Waals surface area (Å²) >= 11 is 1.60. The molecule has 0 spiro atoms. The van der Waals surface area contributed by atoms with Gasteiger partial charge < -0.3 is 14.7 Å². The van der Waals surface area contributed by atoms with Crippen molar-refractivity contribution in [1.82, 2.24) is 0 Å². The molecule has 0 saturated carbocycles. The van der Waals surface area contributed by atoms with Gasteiger partial charge >= 0.3 is 11.9 Å². The topological polar surface area (TPSA) is 93.1 Å². The Balaban J connectivity index is 1.94. The van der Waals surface area contributed by atoms with Gasteiger partial charge in [0, 0.05) is 36.9 Å². The summed E-state index contributed by atoms with van der Waals surface area (Å²) in [6.45, 7) is 4.72. The molecule has 0 radical (unpaired) electrons. The summed E-state index contributed by atoms with van der Waals surface area (Å²) in [4.78, 5) is 44.9. The van der Waals surface area contributed by atoms with Crippen molar-refractivity contribution in [3.8, 4) is 0 Å². The Morgan fingerprint density at radius 1 is 1.21 bits per heavy atom. The molecule has 1 aliphatic heterocycles. The maximum Gasteiger partial charge on any atom is 0.473 e. The van der Waals surface area contributed by atoms with Crippen LogP contribution in [0.3, 0.4) is 0 Å². The van der Waals surface area contributed by atoms with E-state index in [1.165, 1.54) is 0 Å². The first-order chi connectivity index (χ1) is 15.7. The summed E-state index contributed by atoms with van der Waals surface area (Å²) in [5, 5.41) is 11.2. The van der Waals surface area contributed by atoms with E-state index in [-0.39, 0.29) is 23.1 Å². The first-order valence-corrected chi connectivity index (χ1v) is 11.9. The fraction of sp³-hybridized carbons (Fsp3) is 0.458. The van der Waals surface area contributed by atoms with Gasteiger partial charge in [-0.25, -0.2) is 9.59 Å². The Morgan fingerprint density at radius 3 is 2.52 bits per heavy atom. The number of piperidine rings is 1. The van der Waals surface area contributed by atoms with E-state index < -0.39 is 17.5 Å². The van der Waals surface area contributed by atoms with Crippen LogP contribution in [0.2, 0.25) is 0 Å². The average Bonchev–Trinajstić information content (AvgIpc) is 3.34. The highest BCUT2D eigenvalue weighted by atomic mass is 32.1. The van der Waals surface area contributed by atoms with E-state index in [9.17, 15) is 19.5 Å². The van der Waals surface area contributed by atoms with E-state index in [0.717, 1.165) is 10.6 Å². The van der Waals surface area contributed by atoms with Crippen molar-refractivity contribution in [1.29, 1.82) is 0 Å². The lowest BCUT2D eigenvalue weighted by molar-refractivity contribution is -1.10. The van der Waals surface area contributed by atoms with Gasteiger partial charge in [0.05, 0.1) is 6.04 Å². The lowest BCUT2D eigenvalue weighted by atomic mass is 9.86. The van der Waals surface area contributed by atoms with Crippen molar-refractivity contribution >= 4 is 34.9 Å². The molecule has 1 aliphatic rings. The third-order valence-electron chi connectivity index (χ3n) is 6.30. The Morgan fingerprint density at radius 2 is 1.94 bits per heavy atom. The number of likely N-dealkylation sites (tertiary alicyclic amines) is 1. The van der Waals surface area contributed by atoms with Gasteiger partial charge in [-0.15, -0.1) is 16.0 Å². The van der Waals surface area contributed by atoms with Crippen molar-refractivity contribution in [3.63, 3.8) is 0 Å². The third-order valence-corrected chi connectivity index (χ3v) is 7.23. The molecule has 9 heteroatoms. The van der Waals surface area contributed by atoms with Crippen molar-refractivity contribution in [2.45, 2.75) is 44.8 Å². The maximum absolute atomic E-state index is 13.0. The number of carbonyl (C=O) groups is 3. The Bertz CT molecular complexity index is 967. The minimum absolute atomic E-state index is 0.0319. The molecule has 3 atom stereocenters. The molecule has 1 saturated heterocycles. The second-order valence-corrected chi connectivity index (χ2v) is 9.48. The fourth-order valence-corrected chi connectivity index (χ4v) is 5.28. The predicted octanol–water partition coefficient (Wildman–Crippen LogP) is 3.27. The number of amides is 1. The van der Waals surface area contributed by atoms with Crippen LogP contribution < -0.4 is 4.90 Å². The number of hydrogen-bond donors (Lipinski definition) is 1. The number of nitrogens with zero attached hydrogens (tertiary/aromatic N) is 2. The number of rotatable bonds is 8. The molecular weight excluding hydrogens is 444 g/mol. The third kappa shape index (κ3) is 5.61. The second kappa shape index (κ2) is 10.5. The molecule has 33 heavy (non-hydrogen) atoms. The number of carboxylic acids is 1. The average molecular weight is 476 g/mol. The zero-order valence-corrected chi connectivity index (χ0v) is 20.0. The van der Waals surface area contributed by atoms with Crippen molar-refractivity contribution in [3.05, 3.63) is 52.7 Å². The van der Waals surface area contributed by atoms with Crippen molar-refractivity contribution in [2.24, 2.45) is 0 Å². The van der Waals surface area contributed by atoms with Crippen LogP contribution in [-0.4, -0.2) is 66.0 Å². The van der Waals surface area contributed by atoms with Gasteiger partial charge in [0.15, 0.2) is 0 Å². The van der Waals surface area contributed by atoms with E-state index in [4.69, 9.17) is 9.57 Å². The minimum atomic E-state index is -1.63. The fourth-order valence-electron chi connectivity index (χ4n) is 4.58. The first-order valence-electron chi connectivity index (χ1n) is 11.0. The number of anilines is 1. The zero-order valence-electron chi connectivity index (χ0n) is 19.2. The van der Waals surface area contributed by atoms with E-state index >= 15 is 0 Å². The minimum Gasteiger partial charge on any atom is -0.473 e. The Labute approximate surface area is 197 Å². The molecule has 0 aliphatic carbocycles. The number of carboxylic acid groups (broad SMARTS) is 1.